The molecule has 7 nitrogen and oxygen atoms in total. The zero-order valence-electron chi connectivity index (χ0n) is 18.1. The number of para-hydroxylation sites is 1. The molecule has 4 rings (SSSR count). The second-order valence-corrected chi connectivity index (χ2v) is 7.87. The Hall–Kier alpha value is -3.16. The third kappa shape index (κ3) is 5.13. The molecule has 1 atom stereocenters. The highest BCUT2D eigenvalue weighted by molar-refractivity contribution is 5.95. The molecule has 0 spiro atoms. The van der Waals surface area contributed by atoms with E-state index in [9.17, 15) is 4.79 Å². The molecule has 7 heteroatoms. The van der Waals surface area contributed by atoms with Crippen molar-refractivity contribution in [2.45, 2.75) is 6.04 Å². The van der Waals surface area contributed by atoms with Gasteiger partial charge in [0.15, 0.2) is 11.4 Å². The summed E-state index contributed by atoms with van der Waals surface area (Å²) in [4.78, 5) is 18.0. The Labute approximate surface area is 183 Å². The van der Waals surface area contributed by atoms with E-state index in [1.165, 1.54) is 0 Å². The number of hydrogen-bond acceptors (Lipinski definition) is 5. The Morgan fingerprint density at radius 2 is 1.68 bits per heavy atom. The molecule has 1 fully saturated rings. The summed E-state index contributed by atoms with van der Waals surface area (Å²) in [6.45, 7) is 4.80. The quantitative estimate of drug-likeness (QED) is 0.638. The summed E-state index contributed by atoms with van der Waals surface area (Å²) in [5.41, 5.74) is 2.23. The highest BCUT2D eigenvalue weighted by Crippen LogP contribution is 2.22. The van der Waals surface area contributed by atoms with Crippen molar-refractivity contribution < 1.29 is 9.53 Å². The number of likely N-dealkylation sites (N-methyl/N-ethyl adjacent to an activating group) is 1. The maximum absolute atomic E-state index is 13.3. The molecule has 1 amide bonds. The van der Waals surface area contributed by atoms with Crippen molar-refractivity contribution >= 4 is 5.91 Å². The van der Waals surface area contributed by atoms with Crippen LogP contribution in [0, 0.1) is 0 Å². The van der Waals surface area contributed by atoms with Gasteiger partial charge in [-0.1, -0.05) is 48.5 Å². The maximum Gasteiger partial charge on any atom is 0.276 e. The van der Waals surface area contributed by atoms with Crippen LogP contribution in [0.2, 0.25) is 0 Å². The normalized spacial score (nSPS) is 16.1. The zero-order chi connectivity index (χ0) is 21.6. The molecule has 1 aliphatic heterocycles. The van der Waals surface area contributed by atoms with E-state index in [-0.39, 0.29) is 17.6 Å². The largest absolute Gasteiger partial charge is 0.493 e. The Balaban J connectivity index is 1.55. The molecule has 0 radical (unpaired) electrons. The van der Waals surface area contributed by atoms with Crippen molar-refractivity contribution in [3.63, 3.8) is 0 Å². The first-order valence-electron chi connectivity index (χ1n) is 10.6. The van der Waals surface area contributed by atoms with E-state index in [4.69, 9.17) is 4.74 Å². The van der Waals surface area contributed by atoms with Gasteiger partial charge in [-0.05, 0) is 24.7 Å². The average molecular weight is 420 g/mol. The standard InChI is InChI=1S/C24H29N5O2/c1-27-13-15-28(16-14-27)17-21(19-9-5-3-6-10-19)25-24(30)23-22(31-2)18-29(26-23)20-11-7-4-8-12-20/h3-12,18,21H,13-17H2,1-2H3,(H,25,30). The van der Waals surface area contributed by atoms with E-state index in [1.54, 1.807) is 18.0 Å². The van der Waals surface area contributed by atoms with Gasteiger partial charge in [-0.25, -0.2) is 4.68 Å². The smallest absolute Gasteiger partial charge is 0.276 e. The number of methoxy groups -OCH3 is 1. The maximum atomic E-state index is 13.3. The first kappa shape index (κ1) is 21.1. The van der Waals surface area contributed by atoms with Crippen molar-refractivity contribution in [2.24, 2.45) is 0 Å². The monoisotopic (exact) mass is 419 g/mol. The molecule has 0 bridgehead atoms. The van der Waals surface area contributed by atoms with Crippen LogP contribution in [0.15, 0.2) is 66.9 Å². The molecule has 31 heavy (non-hydrogen) atoms. The van der Waals surface area contributed by atoms with E-state index in [0.717, 1.165) is 44.0 Å². The van der Waals surface area contributed by atoms with E-state index in [0.29, 0.717) is 5.75 Å². The number of rotatable bonds is 7. The molecule has 3 aromatic rings. The van der Waals surface area contributed by atoms with E-state index in [2.05, 4.69) is 39.4 Å². The molecule has 2 aromatic carbocycles. The number of piperazine rings is 1. The lowest BCUT2D eigenvalue weighted by atomic mass is 10.1. The number of aromatic nitrogens is 2. The van der Waals surface area contributed by atoms with Crippen molar-refractivity contribution in [1.29, 1.82) is 0 Å². The zero-order valence-corrected chi connectivity index (χ0v) is 18.1. The SMILES string of the molecule is COc1cn(-c2ccccc2)nc1C(=O)NC(CN1CCN(C)CC1)c1ccccc1. The average Bonchev–Trinajstić information content (AvgIpc) is 3.26. The summed E-state index contributed by atoms with van der Waals surface area (Å²) in [5.74, 6) is 0.210. The lowest BCUT2D eigenvalue weighted by molar-refractivity contribution is 0.0899. The molecule has 1 saturated heterocycles. The number of carbonyl (C=O) groups excluding carboxylic acids is 1. The lowest BCUT2D eigenvalue weighted by Gasteiger charge is -2.35. The second-order valence-electron chi connectivity index (χ2n) is 7.87. The third-order valence-electron chi connectivity index (χ3n) is 5.68. The van der Waals surface area contributed by atoms with Crippen LogP contribution >= 0.6 is 0 Å². The first-order chi connectivity index (χ1) is 15.1. The van der Waals surface area contributed by atoms with Crippen LogP contribution in [0.1, 0.15) is 22.1 Å². The summed E-state index contributed by atoms with van der Waals surface area (Å²) in [5, 5.41) is 7.71. The van der Waals surface area contributed by atoms with Gasteiger partial charge < -0.3 is 15.0 Å². The van der Waals surface area contributed by atoms with Crippen molar-refractivity contribution in [1.82, 2.24) is 24.9 Å². The van der Waals surface area contributed by atoms with Gasteiger partial charge in [-0.3, -0.25) is 9.69 Å². The van der Waals surface area contributed by atoms with Crippen molar-refractivity contribution in [2.75, 3.05) is 46.9 Å². The second kappa shape index (κ2) is 9.76. The number of carbonyl (C=O) groups is 1. The minimum absolute atomic E-state index is 0.135. The van der Waals surface area contributed by atoms with Gasteiger partial charge in [0.2, 0.25) is 0 Å². The summed E-state index contributed by atoms with van der Waals surface area (Å²) in [6, 6.07) is 19.7. The molecular formula is C24H29N5O2. The van der Waals surface area contributed by atoms with Crippen LogP contribution in [0.5, 0.6) is 5.75 Å². The molecular weight excluding hydrogens is 390 g/mol. The predicted molar refractivity (Wildman–Crippen MR) is 121 cm³/mol. The fraction of sp³-hybridized carbons (Fsp3) is 0.333. The van der Waals surface area contributed by atoms with Gasteiger partial charge in [0, 0.05) is 32.7 Å². The lowest BCUT2D eigenvalue weighted by Crippen LogP contribution is -2.47. The molecule has 162 valence electrons. The fourth-order valence-corrected chi connectivity index (χ4v) is 3.81. The Bertz CT molecular complexity index is 982. The number of nitrogens with one attached hydrogen (secondary N) is 1. The molecule has 0 aliphatic carbocycles. The number of ether oxygens (including phenoxy) is 1. The van der Waals surface area contributed by atoms with Crippen LogP contribution in [0.3, 0.4) is 0 Å². The molecule has 1 aromatic heterocycles. The highest BCUT2D eigenvalue weighted by Gasteiger charge is 2.25. The van der Waals surface area contributed by atoms with Crippen LogP contribution in [0.25, 0.3) is 5.69 Å². The number of hydrogen-bond donors (Lipinski definition) is 1. The van der Waals surface area contributed by atoms with E-state index in [1.807, 2.05) is 48.5 Å². The van der Waals surface area contributed by atoms with Crippen LogP contribution in [-0.4, -0.2) is 72.4 Å². The van der Waals surface area contributed by atoms with Crippen LogP contribution in [0.4, 0.5) is 0 Å². The number of amides is 1. The van der Waals surface area contributed by atoms with Gasteiger partial charge in [0.25, 0.3) is 5.91 Å². The first-order valence-corrected chi connectivity index (χ1v) is 10.6. The Morgan fingerprint density at radius 1 is 1.03 bits per heavy atom. The van der Waals surface area contributed by atoms with Crippen LogP contribution in [-0.2, 0) is 0 Å². The summed E-state index contributed by atoms with van der Waals surface area (Å²) >= 11 is 0. The number of benzene rings is 2. The highest BCUT2D eigenvalue weighted by atomic mass is 16.5. The van der Waals surface area contributed by atoms with E-state index < -0.39 is 0 Å². The summed E-state index contributed by atoms with van der Waals surface area (Å²) in [6.07, 6.45) is 1.74. The summed E-state index contributed by atoms with van der Waals surface area (Å²) < 4.78 is 7.13. The predicted octanol–water partition coefficient (Wildman–Crippen LogP) is 2.60. The fourth-order valence-electron chi connectivity index (χ4n) is 3.81. The van der Waals surface area contributed by atoms with Crippen molar-refractivity contribution in [3.8, 4) is 11.4 Å². The molecule has 2 heterocycles. The molecule has 1 unspecified atom stereocenters. The van der Waals surface area contributed by atoms with E-state index >= 15 is 0 Å². The molecule has 0 saturated carbocycles. The van der Waals surface area contributed by atoms with Gasteiger partial charge in [0.05, 0.1) is 25.0 Å². The van der Waals surface area contributed by atoms with Gasteiger partial charge in [0.1, 0.15) is 0 Å². The molecule has 1 N–H and O–H groups in total. The Kier molecular flexibility index (Phi) is 6.64. The van der Waals surface area contributed by atoms with Gasteiger partial charge >= 0.3 is 0 Å². The van der Waals surface area contributed by atoms with Crippen LogP contribution < -0.4 is 10.1 Å². The third-order valence-corrected chi connectivity index (χ3v) is 5.68. The van der Waals surface area contributed by atoms with Gasteiger partial charge in [-0.2, -0.15) is 5.10 Å². The summed E-state index contributed by atoms with van der Waals surface area (Å²) in [7, 11) is 3.70. The van der Waals surface area contributed by atoms with Crippen molar-refractivity contribution in [3.05, 3.63) is 78.1 Å². The molecule has 1 aliphatic rings. The Morgan fingerprint density at radius 3 is 2.32 bits per heavy atom. The topological polar surface area (TPSA) is 62.6 Å². The minimum Gasteiger partial charge on any atom is -0.493 e. The minimum atomic E-state index is -0.241. The number of nitrogens with zero attached hydrogens (tertiary/aromatic N) is 4. The van der Waals surface area contributed by atoms with Gasteiger partial charge in [-0.15, -0.1) is 0 Å².